The number of aliphatic hydroxyl groups excluding tert-OH is 1. The molecule has 0 aromatic carbocycles. The maximum Gasteiger partial charge on any atom is 0.350 e. The van der Waals surface area contributed by atoms with Crippen molar-refractivity contribution >= 4 is 24.6 Å². The van der Waals surface area contributed by atoms with Crippen LogP contribution in [0.15, 0.2) is 12.7 Å². The molecule has 0 unspecified atom stereocenters. The SMILES string of the molecule is O=P(O)(O)COCCn1cnc2c(NCCO)ncnc21. The second kappa shape index (κ2) is 6.92. The van der Waals surface area contributed by atoms with Crippen LogP contribution < -0.4 is 5.32 Å². The van der Waals surface area contributed by atoms with Crippen LogP contribution in [0.3, 0.4) is 0 Å². The molecule has 2 aromatic rings. The lowest BCUT2D eigenvalue weighted by atomic mass is 10.4. The zero-order chi connectivity index (χ0) is 15.3. The van der Waals surface area contributed by atoms with E-state index in [2.05, 4.69) is 20.3 Å². The molecule has 21 heavy (non-hydrogen) atoms. The van der Waals surface area contributed by atoms with Gasteiger partial charge in [-0.25, -0.2) is 15.0 Å². The van der Waals surface area contributed by atoms with E-state index in [1.54, 1.807) is 10.9 Å². The Balaban J connectivity index is 2.03. The van der Waals surface area contributed by atoms with Crippen LogP contribution in [0.25, 0.3) is 11.2 Å². The summed E-state index contributed by atoms with van der Waals surface area (Å²) in [7, 11) is -4.15. The average Bonchev–Trinajstić information content (AvgIpc) is 2.84. The summed E-state index contributed by atoms with van der Waals surface area (Å²) >= 11 is 0. The fourth-order valence-electron chi connectivity index (χ4n) is 1.69. The summed E-state index contributed by atoms with van der Waals surface area (Å²) in [5.41, 5.74) is 1.13. The first-order valence-corrected chi connectivity index (χ1v) is 7.94. The van der Waals surface area contributed by atoms with Gasteiger partial charge in [0, 0.05) is 13.1 Å². The number of rotatable bonds is 8. The number of imidazole rings is 1. The van der Waals surface area contributed by atoms with Gasteiger partial charge in [-0.2, -0.15) is 0 Å². The van der Waals surface area contributed by atoms with E-state index in [0.717, 1.165) is 0 Å². The minimum atomic E-state index is -4.15. The van der Waals surface area contributed by atoms with Gasteiger partial charge in [-0.1, -0.05) is 0 Å². The molecule has 4 N–H and O–H groups in total. The molecule has 2 heterocycles. The molecular weight excluding hydrogens is 301 g/mol. The van der Waals surface area contributed by atoms with Crippen LogP contribution in [0.5, 0.6) is 0 Å². The highest BCUT2D eigenvalue weighted by Gasteiger charge is 2.13. The van der Waals surface area contributed by atoms with Crippen LogP contribution in [-0.2, 0) is 15.8 Å². The summed E-state index contributed by atoms with van der Waals surface area (Å²) in [5.74, 6) is 0.518. The highest BCUT2D eigenvalue weighted by Crippen LogP contribution is 2.33. The van der Waals surface area contributed by atoms with Gasteiger partial charge in [0.05, 0.1) is 19.5 Å². The van der Waals surface area contributed by atoms with Gasteiger partial charge in [0.25, 0.3) is 0 Å². The number of nitrogens with one attached hydrogen (secondary N) is 1. The van der Waals surface area contributed by atoms with Gasteiger partial charge in [0.1, 0.15) is 18.2 Å². The van der Waals surface area contributed by atoms with Crippen LogP contribution >= 0.6 is 7.60 Å². The summed E-state index contributed by atoms with van der Waals surface area (Å²) in [6, 6.07) is 0. The summed E-state index contributed by atoms with van der Waals surface area (Å²) in [6.45, 7) is 0.805. The maximum absolute atomic E-state index is 10.7. The molecule has 2 rings (SSSR count). The first kappa shape index (κ1) is 15.8. The van der Waals surface area contributed by atoms with Crippen molar-refractivity contribution in [3.8, 4) is 0 Å². The minimum Gasteiger partial charge on any atom is -0.395 e. The Morgan fingerprint density at radius 1 is 1.33 bits per heavy atom. The van der Waals surface area contributed by atoms with Crippen LogP contribution in [0.2, 0.25) is 0 Å². The molecular formula is C10H16N5O5P. The summed E-state index contributed by atoms with van der Waals surface area (Å²) in [5, 5.41) is 11.7. The molecule has 0 fully saturated rings. The highest BCUT2D eigenvalue weighted by molar-refractivity contribution is 7.51. The van der Waals surface area contributed by atoms with Gasteiger partial charge in [-0.15, -0.1) is 0 Å². The smallest absolute Gasteiger partial charge is 0.350 e. The van der Waals surface area contributed by atoms with Gasteiger partial charge in [0.15, 0.2) is 11.5 Å². The molecule has 0 bridgehead atoms. The van der Waals surface area contributed by atoms with Crippen molar-refractivity contribution in [3.05, 3.63) is 12.7 Å². The molecule has 10 nitrogen and oxygen atoms in total. The largest absolute Gasteiger partial charge is 0.395 e. The number of ether oxygens (including phenoxy) is 1. The Hall–Kier alpha value is -1.58. The monoisotopic (exact) mass is 317 g/mol. The van der Waals surface area contributed by atoms with Crippen LogP contribution in [0.1, 0.15) is 0 Å². The fraction of sp³-hybridized carbons (Fsp3) is 0.500. The number of fused-ring (bicyclic) bond motifs is 1. The van der Waals surface area contributed by atoms with E-state index in [1.165, 1.54) is 6.33 Å². The van der Waals surface area contributed by atoms with Crippen LogP contribution in [-0.4, -0.2) is 60.5 Å². The molecule has 0 saturated heterocycles. The Morgan fingerprint density at radius 2 is 2.14 bits per heavy atom. The third-order valence-corrected chi connectivity index (χ3v) is 3.06. The lowest BCUT2D eigenvalue weighted by molar-refractivity contribution is 0.149. The normalized spacial score (nSPS) is 12.0. The predicted octanol–water partition coefficient (Wildman–Crippen LogP) is -0.618. The standard InChI is InChI=1S/C10H16N5O5P/c16-3-1-11-9-8-10(13-5-12-9)15(6-14-8)2-4-20-7-21(17,18)19/h5-6,16H,1-4,7H2,(H,11,12,13)(H2,17,18,19). The van der Waals surface area contributed by atoms with Crippen LogP contribution in [0.4, 0.5) is 5.82 Å². The second-order valence-corrected chi connectivity index (χ2v) is 5.77. The Labute approximate surface area is 120 Å². The minimum absolute atomic E-state index is 0.0254. The third kappa shape index (κ3) is 4.45. The highest BCUT2D eigenvalue weighted by atomic mass is 31.2. The molecule has 0 radical (unpaired) electrons. The Kier molecular flexibility index (Phi) is 5.21. The number of aliphatic hydroxyl groups is 1. The van der Waals surface area contributed by atoms with Crippen molar-refractivity contribution < 1.29 is 24.2 Å². The Bertz CT molecular complexity index is 642. The number of anilines is 1. The van der Waals surface area contributed by atoms with Gasteiger partial charge in [-0.05, 0) is 0 Å². The van der Waals surface area contributed by atoms with Gasteiger partial charge < -0.3 is 29.5 Å². The molecule has 0 aliphatic rings. The number of aromatic nitrogens is 4. The zero-order valence-corrected chi connectivity index (χ0v) is 12.0. The predicted molar refractivity (Wildman–Crippen MR) is 73.8 cm³/mol. The molecule has 0 spiro atoms. The fourth-order valence-corrected chi connectivity index (χ4v) is 2.06. The Morgan fingerprint density at radius 3 is 2.86 bits per heavy atom. The van der Waals surface area contributed by atoms with Gasteiger partial charge >= 0.3 is 7.60 Å². The number of hydrogen-bond donors (Lipinski definition) is 4. The number of nitrogens with zero attached hydrogens (tertiary/aromatic N) is 4. The van der Waals surface area contributed by atoms with E-state index in [4.69, 9.17) is 19.6 Å². The lowest BCUT2D eigenvalue weighted by Gasteiger charge is -2.07. The van der Waals surface area contributed by atoms with Crippen molar-refractivity contribution in [2.45, 2.75) is 6.54 Å². The van der Waals surface area contributed by atoms with Gasteiger partial charge in [0.2, 0.25) is 0 Å². The number of hydrogen-bond acceptors (Lipinski definition) is 7. The molecule has 0 atom stereocenters. The quantitative estimate of drug-likeness (QED) is 0.370. The average molecular weight is 317 g/mol. The van der Waals surface area contributed by atoms with E-state index in [1.807, 2.05) is 0 Å². The second-order valence-electron chi connectivity index (χ2n) is 4.18. The van der Waals surface area contributed by atoms with E-state index in [9.17, 15) is 4.57 Å². The van der Waals surface area contributed by atoms with Crippen molar-refractivity contribution in [2.75, 3.05) is 31.4 Å². The molecule has 11 heteroatoms. The van der Waals surface area contributed by atoms with E-state index in [-0.39, 0.29) is 13.2 Å². The summed E-state index contributed by atoms with van der Waals surface area (Å²) in [4.78, 5) is 29.7. The van der Waals surface area contributed by atoms with E-state index in [0.29, 0.717) is 30.1 Å². The molecule has 0 aliphatic carbocycles. The first-order valence-electron chi connectivity index (χ1n) is 6.14. The topological polar surface area (TPSA) is 143 Å². The molecule has 0 aliphatic heterocycles. The lowest BCUT2D eigenvalue weighted by Crippen LogP contribution is -2.09. The zero-order valence-electron chi connectivity index (χ0n) is 11.1. The van der Waals surface area contributed by atoms with Crippen molar-refractivity contribution in [1.82, 2.24) is 19.5 Å². The first-order chi connectivity index (χ1) is 10.0. The molecule has 0 saturated carbocycles. The van der Waals surface area contributed by atoms with Gasteiger partial charge in [-0.3, -0.25) is 4.57 Å². The third-order valence-electron chi connectivity index (χ3n) is 2.54. The summed E-state index contributed by atoms with van der Waals surface area (Å²) < 4.78 is 17.3. The van der Waals surface area contributed by atoms with Crippen molar-refractivity contribution in [2.24, 2.45) is 0 Å². The van der Waals surface area contributed by atoms with Crippen molar-refractivity contribution in [1.29, 1.82) is 0 Å². The van der Waals surface area contributed by atoms with E-state index < -0.39 is 13.9 Å². The molecule has 116 valence electrons. The summed E-state index contributed by atoms with van der Waals surface area (Å²) in [6.07, 6.45) is 2.30. The van der Waals surface area contributed by atoms with Crippen LogP contribution in [0, 0.1) is 0 Å². The van der Waals surface area contributed by atoms with E-state index >= 15 is 0 Å². The maximum atomic E-state index is 10.7. The van der Waals surface area contributed by atoms with Crippen molar-refractivity contribution in [3.63, 3.8) is 0 Å². The molecule has 2 aromatic heterocycles. The molecule has 0 amide bonds.